The number of hydrogen-bond acceptors (Lipinski definition) is 2. The third-order valence-corrected chi connectivity index (χ3v) is 6.73. The van der Waals surface area contributed by atoms with Crippen LogP contribution in [0.1, 0.15) is 37.7 Å². The second kappa shape index (κ2) is 4.39. The zero-order valence-corrected chi connectivity index (χ0v) is 13.4. The summed E-state index contributed by atoms with van der Waals surface area (Å²) >= 11 is 12.6. The molecule has 3 heterocycles. The number of rotatable bonds is 0. The van der Waals surface area contributed by atoms with E-state index in [1.54, 1.807) is 0 Å². The van der Waals surface area contributed by atoms with Crippen molar-refractivity contribution < 1.29 is 0 Å². The van der Waals surface area contributed by atoms with Crippen LogP contribution in [0.3, 0.4) is 0 Å². The average Bonchev–Trinajstić information content (AvgIpc) is 2.64. The van der Waals surface area contributed by atoms with Crippen molar-refractivity contribution in [1.29, 1.82) is 0 Å². The Morgan fingerprint density at radius 3 is 2.52 bits per heavy atom. The predicted octanol–water partition coefficient (Wildman–Crippen LogP) is 5.05. The average molecular weight is 321 g/mol. The molecule has 2 saturated carbocycles. The molecule has 2 unspecified atom stereocenters. The maximum Gasteiger partial charge on any atom is 0.109 e. The molecule has 0 N–H and O–H groups in total. The predicted molar refractivity (Wildman–Crippen MR) is 86.4 cm³/mol. The van der Waals surface area contributed by atoms with Crippen molar-refractivity contribution in [2.24, 2.45) is 22.7 Å². The first-order valence-corrected chi connectivity index (χ1v) is 8.76. The van der Waals surface area contributed by atoms with E-state index >= 15 is 0 Å². The summed E-state index contributed by atoms with van der Waals surface area (Å²) in [5.74, 6) is 3.79. The van der Waals surface area contributed by atoms with E-state index in [2.05, 4.69) is 11.0 Å². The highest BCUT2D eigenvalue weighted by Crippen LogP contribution is 2.51. The molecule has 5 aliphatic rings. The topological polar surface area (TPSA) is 15.6 Å². The highest BCUT2D eigenvalue weighted by molar-refractivity contribution is 6.43. The van der Waals surface area contributed by atoms with Gasteiger partial charge in [-0.1, -0.05) is 29.3 Å². The van der Waals surface area contributed by atoms with Gasteiger partial charge in [-0.3, -0.25) is 0 Å². The number of hydrogen-bond donors (Lipinski definition) is 0. The van der Waals surface area contributed by atoms with Crippen molar-refractivity contribution in [2.75, 3.05) is 0 Å². The monoisotopic (exact) mass is 320 g/mol. The van der Waals surface area contributed by atoms with Crippen LogP contribution in [0.25, 0.3) is 0 Å². The largest absolute Gasteiger partial charge is 0.352 e. The molecule has 3 aliphatic heterocycles. The molecule has 1 aromatic rings. The van der Waals surface area contributed by atoms with Gasteiger partial charge in [0.2, 0.25) is 0 Å². The highest BCUT2D eigenvalue weighted by atomic mass is 35.5. The third kappa shape index (κ3) is 1.82. The Bertz CT molecular complexity index is 640. The second-order valence-corrected chi connectivity index (χ2v) is 8.01. The van der Waals surface area contributed by atoms with E-state index in [1.807, 2.05) is 6.07 Å². The van der Waals surface area contributed by atoms with Gasteiger partial charge in [0.15, 0.2) is 0 Å². The standard InChI is InChI=1S/C17H18Cl2N2/c18-14-2-1-11-8-21-13-6-9-3-10(7-13)5-12(4-9)17(21)20-16(11)15(14)19/h1-2,9-10,12-13H,3-8H2. The van der Waals surface area contributed by atoms with E-state index in [4.69, 9.17) is 28.2 Å². The van der Waals surface area contributed by atoms with Gasteiger partial charge in [0.1, 0.15) is 5.84 Å². The van der Waals surface area contributed by atoms with Crippen LogP contribution in [0.2, 0.25) is 10.0 Å². The van der Waals surface area contributed by atoms with E-state index in [1.165, 1.54) is 43.5 Å². The number of nitrogens with zero attached hydrogens (tertiary/aromatic N) is 2. The summed E-state index contributed by atoms with van der Waals surface area (Å²) in [4.78, 5) is 7.61. The molecule has 2 atom stereocenters. The fraction of sp³-hybridized carbons (Fsp3) is 0.588. The van der Waals surface area contributed by atoms with Gasteiger partial charge in [-0.15, -0.1) is 0 Å². The molecule has 4 heteroatoms. The molecule has 0 aromatic heterocycles. The molecular formula is C17H18Cl2N2. The molecule has 1 aromatic carbocycles. The number of aliphatic imine (C=N–C) groups is 1. The molecule has 4 fully saturated rings. The Morgan fingerprint density at radius 1 is 1.00 bits per heavy atom. The van der Waals surface area contributed by atoms with Crippen molar-refractivity contribution >= 4 is 34.7 Å². The number of fused-ring (bicyclic) bond motifs is 1. The summed E-state index contributed by atoms with van der Waals surface area (Å²) in [5, 5.41) is 1.25. The maximum atomic E-state index is 6.41. The lowest BCUT2D eigenvalue weighted by atomic mass is 9.68. The van der Waals surface area contributed by atoms with E-state index in [0.29, 0.717) is 22.0 Å². The van der Waals surface area contributed by atoms with Gasteiger partial charge in [0.25, 0.3) is 0 Å². The van der Waals surface area contributed by atoms with Gasteiger partial charge in [0.05, 0.1) is 15.7 Å². The molecule has 2 saturated heterocycles. The van der Waals surface area contributed by atoms with E-state index in [0.717, 1.165) is 24.1 Å². The molecule has 21 heavy (non-hydrogen) atoms. The third-order valence-electron chi connectivity index (χ3n) is 5.93. The number of halogens is 2. The van der Waals surface area contributed by atoms with E-state index in [-0.39, 0.29) is 0 Å². The van der Waals surface area contributed by atoms with Crippen LogP contribution in [0, 0.1) is 17.8 Å². The lowest BCUT2D eigenvalue weighted by Crippen LogP contribution is -2.41. The summed E-state index contributed by atoms with van der Waals surface area (Å²) < 4.78 is 0. The summed E-state index contributed by atoms with van der Waals surface area (Å²) in [6.07, 6.45) is 6.84. The Labute approximate surface area is 135 Å². The van der Waals surface area contributed by atoms with Crippen molar-refractivity contribution in [3.05, 3.63) is 27.7 Å². The van der Waals surface area contributed by atoms with Crippen LogP contribution in [0.15, 0.2) is 17.1 Å². The van der Waals surface area contributed by atoms with Gasteiger partial charge in [-0.05, 0) is 55.6 Å². The lowest BCUT2D eigenvalue weighted by molar-refractivity contribution is 0.128. The van der Waals surface area contributed by atoms with Gasteiger partial charge in [0, 0.05) is 18.5 Å². The van der Waals surface area contributed by atoms with Gasteiger partial charge >= 0.3 is 0 Å². The first-order valence-electron chi connectivity index (χ1n) is 8.01. The molecular weight excluding hydrogens is 303 g/mol. The summed E-state index contributed by atoms with van der Waals surface area (Å²) in [5.41, 5.74) is 2.16. The minimum absolute atomic E-state index is 0.618. The Kier molecular flexibility index (Phi) is 2.67. The minimum atomic E-state index is 0.618. The molecule has 0 spiro atoms. The van der Waals surface area contributed by atoms with Gasteiger partial charge < -0.3 is 4.90 Å². The van der Waals surface area contributed by atoms with Crippen LogP contribution < -0.4 is 0 Å². The van der Waals surface area contributed by atoms with Crippen molar-refractivity contribution in [3.8, 4) is 0 Å². The Hall–Kier alpha value is -0.730. The van der Waals surface area contributed by atoms with E-state index in [9.17, 15) is 0 Å². The zero-order chi connectivity index (χ0) is 14.1. The summed E-state index contributed by atoms with van der Waals surface area (Å²) in [6.45, 7) is 0.964. The molecule has 0 radical (unpaired) electrons. The first kappa shape index (κ1) is 12.8. The van der Waals surface area contributed by atoms with Crippen LogP contribution >= 0.6 is 23.2 Å². The normalized spacial score (nSPS) is 36.1. The zero-order valence-electron chi connectivity index (χ0n) is 11.9. The SMILES string of the molecule is Clc1ccc2c(c1Cl)N=C1C3CC4CC(C3)CC(C4)N1C2. The fourth-order valence-corrected chi connectivity index (χ4v) is 5.57. The number of amidine groups is 1. The van der Waals surface area contributed by atoms with Crippen molar-refractivity contribution in [3.63, 3.8) is 0 Å². The van der Waals surface area contributed by atoms with Crippen LogP contribution in [-0.2, 0) is 6.54 Å². The Balaban J connectivity index is 1.66. The van der Waals surface area contributed by atoms with Gasteiger partial charge in [-0.25, -0.2) is 4.99 Å². The molecule has 2 nitrogen and oxygen atoms in total. The van der Waals surface area contributed by atoms with Crippen LogP contribution in [0.4, 0.5) is 5.69 Å². The summed E-state index contributed by atoms with van der Waals surface area (Å²) in [6, 6.07) is 4.70. The smallest absolute Gasteiger partial charge is 0.109 e. The van der Waals surface area contributed by atoms with Crippen molar-refractivity contribution in [2.45, 2.75) is 44.7 Å². The van der Waals surface area contributed by atoms with Crippen molar-refractivity contribution in [1.82, 2.24) is 4.90 Å². The molecule has 110 valence electrons. The molecule has 6 rings (SSSR count). The second-order valence-electron chi connectivity index (χ2n) is 7.23. The molecule has 2 aliphatic carbocycles. The quantitative estimate of drug-likeness (QED) is 0.653. The first-order chi connectivity index (χ1) is 10.2. The lowest BCUT2D eigenvalue weighted by Gasteiger charge is -2.39. The maximum absolute atomic E-state index is 6.41. The summed E-state index contributed by atoms with van der Waals surface area (Å²) in [7, 11) is 0. The minimum Gasteiger partial charge on any atom is -0.352 e. The fourth-order valence-electron chi connectivity index (χ4n) is 5.19. The van der Waals surface area contributed by atoms with Crippen LogP contribution in [0.5, 0.6) is 0 Å². The molecule has 0 amide bonds. The number of benzene rings is 1. The highest BCUT2D eigenvalue weighted by Gasteiger charge is 2.46. The Morgan fingerprint density at radius 2 is 1.76 bits per heavy atom. The van der Waals surface area contributed by atoms with Crippen LogP contribution in [-0.4, -0.2) is 16.8 Å². The van der Waals surface area contributed by atoms with Gasteiger partial charge in [-0.2, -0.15) is 0 Å². The molecule has 4 bridgehead atoms. The van der Waals surface area contributed by atoms with E-state index < -0.39 is 0 Å².